The summed E-state index contributed by atoms with van der Waals surface area (Å²) in [7, 11) is 0. The van der Waals surface area contributed by atoms with Gasteiger partial charge in [0, 0.05) is 0 Å². The van der Waals surface area contributed by atoms with E-state index in [4.69, 9.17) is 4.74 Å². The van der Waals surface area contributed by atoms with E-state index in [2.05, 4.69) is 0 Å². The summed E-state index contributed by atoms with van der Waals surface area (Å²) in [5.74, 6) is 1.20. The number of nitrogens with zero attached hydrogens (tertiary/aromatic N) is 1. The minimum absolute atomic E-state index is 0.133. The molecule has 0 fully saturated rings. The molecule has 0 amide bonds. The lowest BCUT2D eigenvalue weighted by Crippen LogP contribution is -2.47. The molecule has 1 aliphatic carbocycles. The summed E-state index contributed by atoms with van der Waals surface area (Å²) in [5.41, 5.74) is 0.352. The van der Waals surface area contributed by atoms with Gasteiger partial charge in [-0.1, -0.05) is 30.4 Å². The number of aromatic hydroxyl groups is 1. The van der Waals surface area contributed by atoms with Gasteiger partial charge in [0.25, 0.3) is 5.56 Å². The molecule has 106 valence electrons. The second-order valence-corrected chi connectivity index (χ2v) is 4.67. The van der Waals surface area contributed by atoms with Gasteiger partial charge in [-0.2, -0.15) is 0 Å². The van der Waals surface area contributed by atoms with Crippen LogP contribution in [-0.2, 0) is 4.79 Å². The molecule has 1 aromatic heterocycles. The molecule has 5 nitrogen and oxygen atoms in total. The standard InChI is InChI=1S/C16H13NO4/c1-2-21-15-13-8-7-10-5-3-4-6-12(10)17(13)16(20)11(9-18)14(15)19/h3-8,12,19H,2H2,1H3. The van der Waals surface area contributed by atoms with E-state index in [1.165, 1.54) is 10.5 Å². The average molecular weight is 283 g/mol. The molecule has 0 saturated carbocycles. The molecule has 0 radical (unpaired) electrons. The van der Waals surface area contributed by atoms with E-state index < -0.39 is 16.5 Å². The minimum Gasteiger partial charge on any atom is -0.503 e. The van der Waals surface area contributed by atoms with E-state index in [1.807, 2.05) is 30.4 Å². The first-order valence-electron chi connectivity index (χ1n) is 6.61. The molecule has 1 aliphatic heterocycles. The first-order chi connectivity index (χ1) is 10.2. The lowest BCUT2D eigenvalue weighted by molar-refractivity contribution is 0.307. The maximum absolute atomic E-state index is 12.5. The van der Waals surface area contributed by atoms with Crippen LogP contribution in [0.15, 0.2) is 40.7 Å². The van der Waals surface area contributed by atoms with E-state index in [0.717, 1.165) is 5.57 Å². The fraction of sp³-hybridized carbons (Fsp3) is 0.188. The molecular formula is C16H13NO4. The zero-order valence-corrected chi connectivity index (χ0v) is 11.4. The highest BCUT2D eigenvalue weighted by Gasteiger charge is 2.24. The Hall–Kier alpha value is -2.78. The normalized spacial score (nSPS) is 18.1. The Labute approximate surface area is 120 Å². The van der Waals surface area contributed by atoms with Crippen molar-refractivity contribution in [3.63, 3.8) is 0 Å². The van der Waals surface area contributed by atoms with Gasteiger partial charge in [0.15, 0.2) is 16.7 Å². The molecule has 21 heavy (non-hydrogen) atoms. The Morgan fingerprint density at radius 2 is 2.19 bits per heavy atom. The molecule has 5 heteroatoms. The third-order valence-corrected chi connectivity index (χ3v) is 3.51. The number of rotatable bonds is 2. The van der Waals surface area contributed by atoms with Crippen molar-refractivity contribution in [2.75, 3.05) is 6.61 Å². The summed E-state index contributed by atoms with van der Waals surface area (Å²) >= 11 is 0. The number of carbonyl (C=O) groups excluding carboxylic acids is 1. The predicted molar refractivity (Wildman–Crippen MR) is 77.4 cm³/mol. The Morgan fingerprint density at radius 1 is 1.38 bits per heavy atom. The molecule has 0 saturated heterocycles. The number of pyridine rings is 1. The zero-order chi connectivity index (χ0) is 15.0. The number of hydrogen-bond donors (Lipinski definition) is 1. The summed E-state index contributed by atoms with van der Waals surface area (Å²) < 4.78 is 6.87. The van der Waals surface area contributed by atoms with Crippen LogP contribution in [-0.4, -0.2) is 22.2 Å². The highest BCUT2D eigenvalue weighted by Crippen LogP contribution is 2.26. The van der Waals surface area contributed by atoms with Gasteiger partial charge in [0.2, 0.25) is 0 Å². The maximum Gasteiger partial charge on any atom is 0.274 e. The zero-order valence-electron chi connectivity index (χ0n) is 11.4. The lowest BCUT2D eigenvalue weighted by atomic mass is 9.98. The van der Waals surface area contributed by atoms with Crippen molar-refractivity contribution >= 4 is 12.0 Å². The number of hydrogen-bond acceptors (Lipinski definition) is 4. The van der Waals surface area contributed by atoms with Crippen LogP contribution in [0.3, 0.4) is 0 Å². The van der Waals surface area contributed by atoms with E-state index in [-0.39, 0.29) is 11.8 Å². The van der Waals surface area contributed by atoms with Crippen LogP contribution in [0.5, 0.6) is 11.5 Å². The van der Waals surface area contributed by atoms with Gasteiger partial charge in [-0.05, 0) is 18.6 Å². The van der Waals surface area contributed by atoms with Crippen molar-refractivity contribution in [3.8, 4) is 11.5 Å². The van der Waals surface area contributed by atoms with E-state index in [1.54, 1.807) is 13.0 Å². The molecule has 1 aromatic rings. The van der Waals surface area contributed by atoms with Crippen molar-refractivity contribution < 1.29 is 14.6 Å². The van der Waals surface area contributed by atoms with Gasteiger partial charge in [-0.25, -0.2) is 4.79 Å². The number of fused-ring (bicyclic) bond motifs is 3. The third-order valence-electron chi connectivity index (χ3n) is 3.51. The fourth-order valence-corrected chi connectivity index (χ4v) is 2.60. The highest BCUT2D eigenvalue weighted by molar-refractivity contribution is 5.59. The van der Waals surface area contributed by atoms with Crippen LogP contribution in [0.1, 0.15) is 13.0 Å². The number of aromatic nitrogens is 1. The molecule has 1 unspecified atom stereocenters. The van der Waals surface area contributed by atoms with Gasteiger partial charge >= 0.3 is 0 Å². The van der Waals surface area contributed by atoms with E-state index in [0.29, 0.717) is 12.0 Å². The first kappa shape index (κ1) is 13.2. The Kier molecular flexibility index (Phi) is 3.12. The van der Waals surface area contributed by atoms with Crippen LogP contribution >= 0.6 is 0 Å². The van der Waals surface area contributed by atoms with Crippen molar-refractivity contribution in [3.05, 3.63) is 56.9 Å². The van der Waals surface area contributed by atoms with Gasteiger partial charge < -0.3 is 9.84 Å². The van der Waals surface area contributed by atoms with Crippen molar-refractivity contribution in [2.45, 2.75) is 13.0 Å². The molecule has 2 aliphatic rings. The van der Waals surface area contributed by atoms with E-state index >= 15 is 0 Å². The second-order valence-electron chi connectivity index (χ2n) is 4.67. The van der Waals surface area contributed by atoms with Crippen LogP contribution < -0.4 is 20.9 Å². The predicted octanol–water partition coefficient (Wildman–Crippen LogP) is -0.157. The van der Waals surface area contributed by atoms with Crippen molar-refractivity contribution in [1.82, 2.24) is 4.57 Å². The topological polar surface area (TPSA) is 68.5 Å². The molecule has 3 rings (SSSR count). The van der Waals surface area contributed by atoms with E-state index in [9.17, 15) is 14.7 Å². The number of ether oxygens (including phenoxy) is 1. The Bertz CT molecular complexity index is 896. The quantitative estimate of drug-likeness (QED) is 0.819. The summed E-state index contributed by atoms with van der Waals surface area (Å²) in [6, 6.07) is -0.311. The highest BCUT2D eigenvalue weighted by atomic mass is 16.5. The summed E-state index contributed by atoms with van der Waals surface area (Å²) in [4.78, 5) is 23.5. The second kappa shape index (κ2) is 4.96. The molecule has 0 bridgehead atoms. The van der Waals surface area contributed by atoms with Crippen LogP contribution in [0.25, 0.3) is 6.08 Å². The summed E-state index contributed by atoms with van der Waals surface area (Å²) in [5, 5.41) is 10.1. The summed E-state index contributed by atoms with van der Waals surface area (Å²) in [6.45, 7) is 2.07. The molecule has 1 N–H and O–H groups in total. The van der Waals surface area contributed by atoms with Crippen LogP contribution in [0.4, 0.5) is 0 Å². The van der Waals surface area contributed by atoms with Gasteiger partial charge in [-0.15, -0.1) is 0 Å². The van der Waals surface area contributed by atoms with Gasteiger partial charge in [-0.3, -0.25) is 9.36 Å². The van der Waals surface area contributed by atoms with Crippen molar-refractivity contribution in [2.24, 2.45) is 0 Å². The smallest absolute Gasteiger partial charge is 0.274 e. The molecular weight excluding hydrogens is 270 g/mol. The largest absolute Gasteiger partial charge is 0.503 e. The maximum atomic E-state index is 12.5. The average Bonchev–Trinajstić information content (AvgIpc) is 2.51. The van der Waals surface area contributed by atoms with Gasteiger partial charge in [0.05, 0.1) is 18.0 Å². The third kappa shape index (κ3) is 1.87. The Morgan fingerprint density at radius 3 is 2.90 bits per heavy atom. The molecule has 1 atom stereocenters. The first-order valence-corrected chi connectivity index (χ1v) is 6.61. The van der Waals surface area contributed by atoms with Crippen LogP contribution in [0, 0.1) is 0 Å². The molecule has 0 aromatic carbocycles. The van der Waals surface area contributed by atoms with Crippen molar-refractivity contribution in [1.29, 1.82) is 0 Å². The lowest BCUT2D eigenvalue weighted by Gasteiger charge is -2.24. The SMILES string of the molecule is CCOc1c(O)c(=C=O)c(=O)n2c1=CC=C1C=CC=CC12. The van der Waals surface area contributed by atoms with Gasteiger partial charge in [0.1, 0.15) is 5.94 Å². The fourth-order valence-electron chi connectivity index (χ4n) is 2.60. The monoisotopic (exact) mass is 283 g/mol. The minimum atomic E-state index is -0.576. The summed E-state index contributed by atoms with van der Waals surface area (Å²) in [6.07, 6.45) is 11.0. The molecule has 2 heterocycles. The Balaban J connectivity index is 2.48. The molecule has 0 spiro atoms. The number of allylic oxidation sites excluding steroid dienone is 6. The van der Waals surface area contributed by atoms with Crippen LogP contribution in [0.2, 0.25) is 0 Å².